The smallest absolute Gasteiger partial charge is 0.422 e. The number of hydrogen-bond donors (Lipinski definition) is 2. The molecule has 0 saturated carbocycles. The number of carbonyl (C=O) groups is 1. The number of rotatable bonds is 3. The van der Waals surface area contributed by atoms with E-state index in [0.29, 0.717) is 0 Å². The zero-order valence-electron chi connectivity index (χ0n) is 10.3. The predicted molar refractivity (Wildman–Crippen MR) is 70.2 cm³/mol. The monoisotopic (exact) mass is 276 g/mol. The maximum atomic E-state index is 11.4. The van der Waals surface area contributed by atoms with E-state index in [9.17, 15) is 4.79 Å². The molecule has 96 valence electrons. The highest BCUT2D eigenvalue weighted by Gasteiger charge is 2.16. The van der Waals surface area contributed by atoms with E-state index < -0.39 is 11.7 Å². The lowest BCUT2D eigenvalue weighted by molar-refractivity contribution is 0.0489. The second kappa shape index (κ2) is 5.71. The van der Waals surface area contributed by atoms with Crippen LogP contribution in [0.1, 0.15) is 39.3 Å². The topological polar surface area (TPSA) is 50.4 Å². The molecule has 17 heavy (non-hydrogen) atoms. The lowest BCUT2D eigenvalue weighted by atomic mass is 10.2. The van der Waals surface area contributed by atoms with Crippen molar-refractivity contribution in [3.8, 4) is 0 Å². The Morgan fingerprint density at radius 1 is 1.53 bits per heavy atom. The third-order valence-corrected chi connectivity index (χ3v) is 2.99. The third-order valence-electron chi connectivity index (χ3n) is 1.88. The Balaban J connectivity index is 2.38. The summed E-state index contributed by atoms with van der Waals surface area (Å²) in [6, 6.07) is 1.84. The van der Waals surface area contributed by atoms with Gasteiger partial charge in [0.15, 0.2) is 0 Å². The summed E-state index contributed by atoms with van der Waals surface area (Å²) in [5, 5.41) is 1.94. The molecule has 1 heterocycles. The predicted octanol–water partition coefficient (Wildman–Crippen LogP) is 3.49. The zero-order valence-corrected chi connectivity index (χ0v) is 11.9. The van der Waals surface area contributed by atoms with E-state index in [1.54, 1.807) is 0 Å². The first-order valence-corrected chi connectivity index (χ1v) is 6.52. The summed E-state index contributed by atoms with van der Waals surface area (Å²) in [6.45, 7) is 7.37. The number of ether oxygens (including phenoxy) is 1. The highest BCUT2D eigenvalue weighted by atomic mass is 35.5. The molecule has 1 unspecified atom stereocenters. The van der Waals surface area contributed by atoms with Crippen molar-refractivity contribution in [1.29, 1.82) is 0 Å². The Labute approximate surface area is 110 Å². The van der Waals surface area contributed by atoms with Gasteiger partial charge < -0.3 is 4.74 Å². The van der Waals surface area contributed by atoms with E-state index in [2.05, 4.69) is 10.9 Å². The van der Waals surface area contributed by atoms with Crippen LogP contribution in [0, 0.1) is 0 Å². The summed E-state index contributed by atoms with van der Waals surface area (Å²) in [6.07, 6.45) is -0.495. The quantitative estimate of drug-likeness (QED) is 0.831. The third kappa shape index (κ3) is 5.39. The van der Waals surface area contributed by atoms with Crippen molar-refractivity contribution in [1.82, 2.24) is 10.9 Å². The minimum atomic E-state index is -0.499. The minimum absolute atomic E-state index is 0.0220. The Morgan fingerprint density at radius 3 is 2.65 bits per heavy atom. The molecule has 0 aliphatic carbocycles. The molecule has 0 aromatic carbocycles. The van der Waals surface area contributed by atoms with E-state index in [4.69, 9.17) is 16.3 Å². The molecule has 0 aliphatic heterocycles. The number of carbonyl (C=O) groups excluding carboxylic acids is 1. The summed E-state index contributed by atoms with van der Waals surface area (Å²) in [4.78, 5) is 11.4. The molecule has 0 fully saturated rings. The molecule has 0 saturated heterocycles. The van der Waals surface area contributed by atoms with Gasteiger partial charge in [-0.2, -0.15) is 0 Å². The van der Waals surface area contributed by atoms with Crippen molar-refractivity contribution in [3.63, 3.8) is 0 Å². The molecule has 4 nitrogen and oxygen atoms in total. The van der Waals surface area contributed by atoms with Crippen molar-refractivity contribution in [2.24, 2.45) is 0 Å². The molecule has 1 aromatic rings. The molecule has 1 atom stereocenters. The Hall–Kier alpha value is -0.780. The number of thiophene rings is 1. The fraction of sp³-hybridized carbons (Fsp3) is 0.545. The largest absolute Gasteiger partial charge is 0.443 e. The fourth-order valence-corrected chi connectivity index (χ4v) is 2.09. The lowest BCUT2D eigenvalue weighted by Crippen LogP contribution is -2.42. The van der Waals surface area contributed by atoms with Crippen molar-refractivity contribution >= 4 is 29.0 Å². The summed E-state index contributed by atoms with van der Waals surface area (Å²) < 4.78 is 5.82. The fourth-order valence-electron chi connectivity index (χ4n) is 1.10. The molecule has 0 radical (unpaired) electrons. The van der Waals surface area contributed by atoms with Gasteiger partial charge >= 0.3 is 6.09 Å². The number of nitrogens with one attached hydrogen (secondary N) is 2. The number of halogens is 1. The summed E-state index contributed by atoms with van der Waals surface area (Å²) in [5.74, 6) is 0. The first-order valence-electron chi connectivity index (χ1n) is 5.26. The van der Waals surface area contributed by atoms with E-state index in [0.717, 1.165) is 9.90 Å². The van der Waals surface area contributed by atoms with Crippen molar-refractivity contribution < 1.29 is 9.53 Å². The zero-order chi connectivity index (χ0) is 13.1. The van der Waals surface area contributed by atoms with Crippen LogP contribution in [-0.4, -0.2) is 11.7 Å². The molecule has 1 rings (SSSR count). The van der Waals surface area contributed by atoms with Crippen LogP contribution in [0.3, 0.4) is 0 Å². The van der Waals surface area contributed by atoms with Crippen LogP contribution in [0.25, 0.3) is 0 Å². The summed E-state index contributed by atoms with van der Waals surface area (Å²) in [5.41, 5.74) is 5.88. The SMILES string of the molecule is CC(NNC(=O)OC(C)(C)C)c1csc(Cl)c1. The van der Waals surface area contributed by atoms with E-state index >= 15 is 0 Å². The second-order valence-corrected chi connectivity index (χ2v) is 6.22. The maximum Gasteiger partial charge on any atom is 0.422 e. The number of hydrogen-bond acceptors (Lipinski definition) is 4. The van der Waals surface area contributed by atoms with Crippen LogP contribution >= 0.6 is 22.9 Å². The van der Waals surface area contributed by atoms with Crippen molar-refractivity contribution in [2.75, 3.05) is 0 Å². The van der Waals surface area contributed by atoms with Crippen LogP contribution in [0.15, 0.2) is 11.4 Å². The van der Waals surface area contributed by atoms with E-state index in [1.165, 1.54) is 11.3 Å². The van der Waals surface area contributed by atoms with Gasteiger partial charge in [0.25, 0.3) is 0 Å². The maximum absolute atomic E-state index is 11.4. The van der Waals surface area contributed by atoms with E-state index in [1.807, 2.05) is 39.1 Å². The lowest BCUT2D eigenvalue weighted by Gasteiger charge is -2.21. The van der Waals surface area contributed by atoms with Crippen LogP contribution in [0.2, 0.25) is 4.34 Å². The molecule has 6 heteroatoms. The normalized spacial score (nSPS) is 13.2. The van der Waals surface area contributed by atoms with Gasteiger partial charge in [-0.3, -0.25) is 5.43 Å². The highest BCUT2D eigenvalue weighted by molar-refractivity contribution is 7.14. The molecule has 1 aromatic heterocycles. The van der Waals surface area contributed by atoms with E-state index in [-0.39, 0.29) is 6.04 Å². The Kier molecular flexibility index (Phi) is 4.80. The van der Waals surface area contributed by atoms with Gasteiger partial charge in [-0.1, -0.05) is 11.6 Å². The molecule has 0 aliphatic rings. The summed E-state index contributed by atoms with van der Waals surface area (Å²) >= 11 is 7.29. The van der Waals surface area contributed by atoms with Crippen LogP contribution < -0.4 is 10.9 Å². The number of hydrazine groups is 1. The average Bonchev–Trinajstić information content (AvgIpc) is 2.58. The Morgan fingerprint density at radius 2 is 2.18 bits per heavy atom. The molecule has 2 N–H and O–H groups in total. The average molecular weight is 277 g/mol. The standard InChI is InChI=1S/C11H17ClN2O2S/c1-7(8-5-9(12)17-6-8)13-14-10(15)16-11(2,3)4/h5-7,13H,1-4H3,(H,14,15). The minimum Gasteiger partial charge on any atom is -0.443 e. The molecule has 0 bridgehead atoms. The van der Waals surface area contributed by atoms with Gasteiger partial charge in [-0.15, -0.1) is 11.3 Å². The van der Waals surface area contributed by atoms with Crippen molar-refractivity contribution in [3.05, 3.63) is 21.3 Å². The second-order valence-electron chi connectivity index (χ2n) is 4.68. The van der Waals surface area contributed by atoms with Gasteiger partial charge in [-0.25, -0.2) is 10.2 Å². The first-order chi connectivity index (χ1) is 7.78. The van der Waals surface area contributed by atoms with Gasteiger partial charge in [0.05, 0.1) is 4.34 Å². The Bertz CT molecular complexity index is 387. The van der Waals surface area contributed by atoms with Gasteiger partial charge in [0.1, 0.15) is 5.60 Å². The van der Waals surface area contributed by atoms with Crippen LogP contribution in [0.5, 0.6) is 0 Å². The summed E-state index contributed by atoms with van der Waals surface area (Å²) in [7, 11) is 0. The first kappa shape index (κ1) is 14.3. The van der Waals surface area contributed by atoms with Gasteiger partial charge in [0.2, 0.25) is 0 Å². The van der Waals surface area contributed by atoms with Crippen LogP contribution in [-0.2, 0) is 4.74 Å². The highest BCUT2D eigenvalue weighted by Crippen LogP contribution is 2.24. The molecule has 0 spiro atoms. The van der Waals surface area contributed by atoms with Gasteiger partial charge in [-0.05, 0) is 44.7 Å². The molecule has 1 amide bonds. The van der Waals surface area contributed by atoms with Crippen molar-refractivity contribution in [2.45, 2.75) is 39.3 Å². The van der Waals surface area contributed by atoms with Crippen LogP contribution in [0.4, 0.5) is 4.79 Å². The number of amides is 1. The molecular formula is C11H17ClN2O2S. The van der Waals surface area contributed by atoms with Gasteiger partial charge in [0, 0.05) is 6.04 Å². The molecular weight excluding hydrogens is 260 g/mol.